The Morgan fingerprint density at radius 2 is 1.84 bits per heavy atom. The molecule has 0 radical (unpaired) electrons. The molecule has 19 heavy (non-hydrogen) atoms. The van der Waals surface area contributed by atoms with Crippen LogP contribution in [0.15, 0.2) is 24.3 Å². The van der Waals surface area contributed by atoms with Crippen LogP contribution in [0.3, 0.4) is 0 Å². The van der Waals surface area contributed by atoms with E-state index in [-0.39, 0.29) is 24.3 Å². The summed E-state index contributed by atoms with van der Waals surface area (Å²) in [5, 5.41) is 10.4. The van der Waals surface area contributed by atoms with Gasteiger partial charge in [0.1, 0.15) is 0 Å². The zero-order valence-electron chi connectivity index (χ0n) is 10.9. The Kier molecular flexibility index (Phi) is 5.40. The average molecular weight is 287 g/mol. The molecule has 0 aliphatic heterocycles. The fraction of sp³-hybridized carbons (Fsp3) is 0.417. The number of benzene rings is 1. The van der Waals surface area contributed by atoms with Gasteiger partial charge in [-0.2, -0.15) is 0 Å². The zero-order chi connectivity index (χ0) is 14.5. The summed E-state index contributed by atoms with van der Waals surface area (Å²) in [6.07, 6.45) is 0.523. The van der Waals surface area contributed by atoms with Crippen molar-refractivity contribution in [2.75, 3.05) is 13.2 Å². The van der Waals surface area contributed by atoms with Crippen LogP contribution in [0.1, 0.15) is 29.8 Å². The minimum Gasteiger partial charge on any atom is -0.362 e. The molecule has 1 aromatic rings. The summed E-state index contributed by atoms with van der Waals surface area (Å²) in [7, 11) is -4.01. The zero-order valence-corrected chi connectivity index (χ0v) is 11.8. The first-order valence-corrected chi connectivity index (χ1v) is 7.42. The van der Waals surface area contributed by atoms with Gasteiger partial charge < -0.3 is 14.2 Å². The van der Waals surface area contributed by atoms with E-state index in [1.165, 1.54) is 12.1 Å². The Balaban J connectivity index is 3.34. The van der Waals surface area contributed by atoms with Crippen molar-refractivity contribution < 1.29 is 23.5 Å². The summed E-state index contributed by atoms with van der Waals surface area (Å²) < 4.78 is 22.6. The molecule has 0 aliphatic carbocycles. The Morgan fingerprint density at radius 3 is 2.32 bits per heavy atom. The largest absolute Gasteiger partial charge is 0.381 e. The number of aliphatic hydroxyl groups is 1. The third kappa shape index (κ3) is 3.11. The van der Waals surface area contributed by atoms with Crippen molar-refractivity contribution in [3.63, 3.8) is 0 Å². The fourth-order valence-corrected chi connectivity index (χ4v) is 3.30. The molecule has 6 nitrogen and oxygen atoms in total. The molecule has 0 aromatic heterocycles. The van der Waals surface area contributed by atoms with Gasteiger partial charge in [-0.15, -0.1) is 0 Å². The second-order valence-electron chi connectivity index (χ2n) is 3.76. The van der Waals surface area contributed by atoms with Gasteiger partial charge in [0.05, 0.1) is 13.2 Å². The molecular weight excluding hydrogens is 269 g/mol. The average Bonchev–Trinajstić information content (AvgIpc) is 2.39. The van der Waals surface area contributed by atoms with Crippen molar-refractivity contribution in [3.05, 3.63) is 35.4 Å². The van der Waals surface area contributed by atoms with Crippen LogP contribution in [-0.2, 0) is 19.1 Å². The van der Waals surface area contributed by atoms with Crippen molar-refractivity contribution in [2.45, 2.75) is 19.3 Å². The molecule has 0 heterocycles. The van der Waals surface area contributed by atoms with Crippen LogP contribution in [0.2, 0.25) is 0 Å². The first kappa shape index (κ1) is 16.0. The molecule has 0 unspecified atom stereocenters. The fourth-order valence-electron chi connectivity index (χ4n) is 1.66. The van der Waals surface area contributed by atoms with Crippen molar-refractivity contribution in [1.29, 1.82) is 0 Å². The Hall–Kier alpha value is -1.04. The summed E-state index contributed by atoms with van der Waals surface area (Å²) in [4.78, 5) is 11.0. The first-order valence-electron chi connectivity index (χ1n) is 5.88. The standard InChI is InChI=1S/C12H18NO5P/c1-3-17-19(16,18-4-2)12(13,15)11-8-6-5-7-10(11)9-14/h5-9,15H,3-4,13H2,1-2H3/t12-/m1/s1. The van der Waals surface area contributed by atoms with Gasteiger partial charge in [0, 0.05) is 11.1 Å². The Bertz CT molecular complexity index is 479. The predicted octanol–water partition coefficient (Wildman–Crippen LogP) is 1.83. The lowest BCUT2D eigenvalue weighted by Gasteiger charge is -2.31. The molecule has 0 fully saturated rings. The van der Waals surface area contributed by atoms with E-state index in [9.17, 15) is 14.5 Å². The monoisotopic (exact) mass is 287 g/mol. The Morgan fingerprint density at radius 1 is 1.32 bits per heavy atom. The summed E-state index contributed by atoms with van der Waals surface area (Å²) in [5.74, 6) is 0. The van der Waals surface area contributed by atoms with Gasteiger partial charge in [-0.1, -0.05) is 24.3 Å². The number of aldehydes is 1. The summed E-state index contributed by atoms with van der Waals surface area (Å²) >= 11 is 0. The third-order valence-electron chi connectivity index (χ3n) is 2.50. The topological polar surface area (TPSA) is 98.8 Å². The number of carbonyl (C=O) groups excluding carboxylic acids is 1. The maximum absolute atomic E-state index is 12.6. The molecule has 1 atom stereocenters. The molecule has 0 spiro atoms. The second kappa shape index (κ2) is 6.41. The van der Waals surface area contributed by atoms with E-state index in [0.29, 0.717) is 6.29 Å². The molecule has 0 saturated heterocycles. The van der Waals surface area contributed by atoms with Gasteiger partial charge in [-0.25, -0.2) is 0 Å². The van der Waals surface area contributed by atoms with Crippen LogP contribution in [0, 0.1) is 0 Å². The highest BCUT2D eigenvalue weighted by atomic mass is 31.2. The molecule has 0 amide bonds. The van der Waals surface area contributed by atoms with Gasteiger partial charge >= 0.3 is 7.60 Å². The highest BCUT2D eigenvalue weighted by Gasteiger charge is 2.49. The number of hydrogen-bond donors (Lipinski definition) is 2. The van der Waals surface area contributed by atoms with Crippen molar-refractivity contribution >= 4 is 13.9 Å². The lowest BCUT2D eigenvalue weighted by Crippen LogP contribution is -2.38. The van der Waals surface area contributed by atoms with E-state index in [4.69, 9.17) is 14.8 Å². The van der Waals surface area contributed by atoms with E-state index in [1.807, 2.05) is 0 Å². The van der Waals surface area contributed by atoms with Crippen molar-refractivity contribution in [1.82, 2.24) is 0 Å². The van der Waals surface area contributed by atoms with Crippen LogP contribution in [0.4, 0.5) is 0 Å². The summed E-state index contributed by atoms with van der Waals surface area (Å²) in [6.45, 7) is 3.32. The van der Waals surface area contributed by atoms with Gasteiger partial charge in [-0.05, 0) is 13.8 Å². The van der Waals surface area contributed by atoms with Crippen molar-refractivity contribution in [2.24, 2.45) is 5.73 Å². The maximum atomic E-state index is 12.6. The molecule has 1 aromatic carbocycles. The molecule has 0 saturated carbocycles. The second-order valence-corrected chi connectivity index (χ2v) is 5.96. The van der Waals surface area contributed by atoms with E-state index >= 15 is 0 Å². The number of rotatable bonds is 7. The Labute approximate surface area is 112 Å². The van der Waals surface area contributed by atoms with Crippen LogP contribution in [-0.4, -0.2) is 24.6 Å². The third-order valence-corrected chi connectivity index (χ3v) is 4.77. The highest BCUT2D eigenvalue weighted by Crippen LogP contribution is 2.61. The molecule has 3 N–H and O–H groups in total. The predicted molar refractivity (Wildman–Crippen MR) is 70.8 cm³/mol. The van der Waals surface area contributed by atoms with E-state index in [2.05, 4.69) is 0 Å². The molecular formula is C12H18NO5P. The quantitative estimate of drug-likeness (QED) is 0.451. The van der Waals surface area contributed by atoms with Gasteiger partial charge in [-0.3, -0.25) is 15.1 Å². The van der Waals surface area contributed by atoms with Crippen LogP contribution < -0.4 is 5.73 Å². The van der Waals surface area contributed by atoms with Crippen LogP contribution >= 0.6 is 7.60 Å². The van der Waals surface area contributed by atoms with Gasteiger partial charge in [0.2, 0.25) is 5.47 Å². The SMILES string of the molecule is CCOP(=O)(OCC)[C@](N)(O)c1ccccc1C=O. The van der Waals surface area contributed by atoms with Gasteiger partial charge in [0.15, 0.2) is 6.29 Å². The molecule has 7 heteroatoms. The lowest BCUT2D eigenvalue weighted by atomic mass is 10.1. The first-order chi connectivity index (χ1) is 8.93. The van der Waals surface area contributed by atoms with Crippen molar-refractivity contribution in [3.8, 4) is 0 Å². The minimum atomic E-state index is -4.01. The summed E-state index contributed by atoms with van der Waals surface area (Å²) in [5.41, 5.74) is 3.51. The highest BCUT2D eigenvalue weighted by molar-refractivity contribution is 7.54. The van der Waals surface area contributed by atoms with E-state index in [1.54, 1.807) is 26.0 Å². The normalized spacial score (nSPS) is 14.9. The van der Waals surface area contributed by atoms with Crippen LogP contribution in [0.5, 0.6) is 0 Å². The number of hydrogen-bond acceptors (Lipinski definition) is 6. The smallest absolute Gasteiger partial charge is 0.362 e. The van der Waals surface area contributed by atoms with E-state index < -0.39 is 13.1 Å². The lowest BCUT2D eigenvalue weighted by molar-refractivity contribution is 0.0696. The van der Waals surface area contributed by atoms with Crippen LogP contribution in [0.25, 0.3) is 0 Å². The minimum absolute atomic E-state index is 0.00948. The maximum Gasteiger partial charge on any atom is 0.381 e. The molecule has 0 aliphatic rings. The molecule has 1 rings (SSSR count). The number of carbonyl (C=O) groups is 1. The molecule has 0 bridgehead atoms. The van der Waals surface area contributed by atoms with E-state index in [0.717, 1.165) is 0 Å². The molecule has 106 valence electrons. The van der Waals surface area contributed by atoms with Gasteiger partial charge in [0.25, 0.3) is 0 Å². The number of nitrogens with two attached hydrogens (primary N) is 1. The summed E-state index contributed by atoms with van der Waals surface area (Å²) in [6, 6.07) is 6.05.